The molecule has 1 N–H and O–H groups in total. The number of ketones is 1. The third-order valence-electron chi connectivity index (χ3n) is 3.44. The highest BCUT2D eigenvalue weighted by molar-refractivity contribution is 6.02. The van der Waals surface area contributed by atoms with Crippen molar-refractivity contribution < 1.29 is 14.3 Å². The molecule has 0 amide bonds. The number of hydrogen-bond donors (Lipinski definition) is 1. The normalized spacial score (nSPS) is 17.2. The van der Waals surface area contributed by atoms with E-state index in [0.29, 0.717) is 30.6 Å². The van der Waals surface area contributed by atoms with Crippen LogP contribution in [-0.2, 0) is 14.3 Å². The molecule has 0 spiro atoms. The maximum atomic E-state index is 12.2. The molecular weight excluding hydrogens is 242 g/mol. The lowest BCUT2D eigenvalue weighted by Gasteiger charge is -2.21. The standard InChI is InChI=1S/C15H23NO3/c1-5-12(16-4)14(15(18)19-6-2)11-8-7-9-13(17)10(11)3/h16H,5-9H2,1-4H3/b14-12-. The largest absolute Gasteiger partial charge is 0.462 e. The molecule has 0 saturated heterocycles. The van der Waals surface area contributed by atoms with Gasteiger partial charge in [0.25, 0.3) is 0 Å². The molecule has 0 aromatic rings. The first kappa shape index (κ1) is 15.5. The Balaban J connectivity index is 3.32. The predicted molar refractivity (Wildman–Crippen MR) is 74.6 cm³/mol. The average molecular weight is 265 g/mol. The second-order valence-electron chi connectivity index (χ2n) is 4.56. The zero-order valence-electron chi connectivity index (χ0n) is 12.3. The highest BCUT2D eigenvalue weighted by Gasteiger charge is 2.26. The molecule has 0 bridgehead atoms. The third kappa shape index (κ3) is 3.46. The van der Waals surface area contributed by atoms with Crippen LogP contribution >= 0.6 is 0 Å². The van der Waals surface area contributed by atoms with E-state index in [-0.39, 0.29) is 11.8 Å². The summed E-state index contributed by atoms with van der Waals surface area (Å²) in [6.45, 7) is 5.90. The number of carbonyl (C=O) groups is 2. The van der Waals surface area contributed by atoms with Gasteiger partial charge in [-0.25, -0.2) is 4.79 Å². The smallest absolute Gasteiger partial charge is 0.340 e. The summed E-state index contributed by atoms with van der Waals surface area (Å²) < 4.78 is 5.14. The monoisotopic (exact) mass is 265 g/mol. The Morgan fingerprint density at radius 3 is 2.53 bits per heavy atom. The van der Waals surface area contributed by atoms with E-state index in [2.05, 4.69) is 5.32 Å². The Morgan fingerprint density at radius 2 is 2.00 bits per heavy atom. The van der Waals surface area contributed by atoms with Gasteiger partial charge in [0, 0.05) is 19.2 Å². The lowest BCUT2D eigenvalue weighted by Crippen LogP contribution is -2.21. The van der Waals surface area contributed by atoms with Crippen LogP contribution in [-0.4, -0.2) is 25.4 Å². The fraction of sp³-hybridized carbons (Fsp3) is 0.600. The highest BCUT2D eigenvalue weighted by atomic mass is 16.5. The molecule has 0 saturated carbocycles. The van der Waals surface area contributed by atoms with E-state index in [4.69, 9.17) is 4.74 Å². The van der Waals surface area contributed by atoms with Crippen LogP contribution in [0.25, 0.3) is 0 Å². The molecule has 1 aliphatic rings. The SMILES string of the molecule is CCOC(=O)/C(C1=C(C)C(=O)CCC1)=C(/CC)NC. The molecule has 0 aromatic carbocycles. The third-order valence-corrected chi connectivity index (χ3v) is 3.44. The van der Waals surface area contributed by atoms with E-state index in [0.717, 1.165) is 24.1 Å². The van der Waals surface area contributed by atoms with Crippen molar-refractivity contribution in [3.63, 3.8) is 0 Å². The quantitative estimate of drug-likeness (QED) is 0.613. The fourth-order valence-corrected chi connectivity index (χ4v) is 2.39. The minimum atomic E-state index is -0.335. The minimum Gasteiger partial charge on any atom is -0.462 e. The summed E-state index contributed by atoms with van der Waals surface area (Å²) in [6.07, 6.45) is 2.84. The van der Waals surface area contributed by atoms with Crippen molar-refractivity contribution >= 4 is 11.8 Å². The van der Waals surface area contributed by atoms with Crippen LogP contribution in [0.1, 0.15) is 46.5 Å². The number of esters is 1. The molecule has 0 heterocycles. The molecule has 0 fully saturated rings. The average Bonchev–Trinajstić information content (AvgIpc) is 2.40. The molecule has 0 aromatic heterocycles. The van der Waals surface area contributed by atoms with Crippen molar-refractivity contribution in [1.82, 2.24) is 5.32 Å². The summed E-state index contributed by atoms with van der Waals surface area (Å²) in [7, 11) is 1.79. The second kappa shape index (κ2) is 7.12. The molecule has 0 aliphatic heterocycles. The Hall–Kier alpha value is -1.58. The number of allylic oxidation sites excluding steroid dienone is 2. The number of hydrogen-bond acceptors (Lipinski definition) is 4. The maximum absolute atomic E-state index is 12.2. The molecular formula is C15H23NO3. The van der Waals surface area contributed by atoms with Gasteiger partial charge < -0.3 is 10.1 Å². The predicted octanol–water partition coefficient (Wildman–Crippen LogP) is 2.50. The van der Waals surface area contributed by atoms with Gasteiger partial charge in [-0.1, -0.05) is 6.92 Å². The molecule has 19 heavy (non-hydrogen) atoms. The first-order valence-electron chi connectivity index (χ1n) is 6.88. The van der Waals surface area contributed by atoms with Crippen molar-refractivity contribution in [2.75, 3.05) is 13.7 Å². The Labute approximate surface area is 114 Å². The minimum absolute atomic E-state index is 0.134. The number of rotatable bonds is 5. The molecule has 0 unspecified atom stereocenters. The number of Topliss-reactive ketones (excluding diaryl/α,β-unsaturated/α-hetero) is 1. The van der Waals surface area contributed by atoms with Crippen molar-refractivity contribution in [3.8, 4) is 0 Å². The van der Waals surface area contributed by atoms with Gasteiger partial charge in [0.05, 0.1) is 12.2 Å². The Kier molecular flexibility index (Phi) is 5.80. The van der Waals surface area contributed by atoms with Crippen LogP contribution in [0.4, 0.5) is 0 Å². The van der Waals surface area contributed by atoms with Crippen molar-refractivity contribution in [2.24, 2.45) is 0 Å². The van der Waals surface area contributed by atoms with Crippen LogP contribution in [0.3, 0.4) is 0 Å². The molecule has 4 nitrogen and oxygen atoms in total. The molecule has 0 atom stereocenters. The van der Waals surface area contributed by atoms with E-state index in [1.807, 2.05) is 6.92 Å². The summed E-state index contributed by atoms with van der Waals surface area (Å²) in [5, 5.41) is 3.06. The fourth-order valence-electron chi connectivity index (χ4n) is 2.39. The van der Waals surface area contributed by atoms with Gasteiger partial charge in [-0.3, -0.25) is 4.79 Å². The van der Waals surface area contributed by atoms with Crippen LogP contribution in [0.5, 0.6) is 0 Å². The highest BCUT2D eigenvalue weighted by Crippen LogP contribution is 2.30. The van der Waals surface area contributed by atoms with Gasteiger partial charge in [0.2, 0.25) is 0 Å². The van der Waals surface area contributed by atoms with Crippen molar-refractivity contribution in [2.45, 2.75) is 46.5 Å². The Morgan fingerprint density at radius 1 is 1.32 bits per heavy atom. The van der Waals surface area contributed by atoms with Crippen LogP contribution in [0, 0.1) is 0 Å². The summed E-state index contributed by atoms with van der Waals surface area (Å²) in [4.78, 5) is 24.0. The van der Waals surface area contributed by atoms with Crippen LogP contribution < -0.4 is 5.32 Å². The summed E-state index contributed by atoms with van der Waals surface area (Å²) >= 11 is 0. The van der Waals surface area contributed by atoms with E-state index >= 15 is 0 Å². The van der Waals surface area contributed by atoms with Crippen molar-refractivity contribution in [1.29, 1.82) is 0 Å². The van der Waals surface area contributed by atoms with E-state index in [9.17, 15) is 9.59 Å². The summed E-state index contributed by atoms with van der Waals surface area (Å²) in [6, 6.07) is 0. The molecule has 1 aliphatic carbocycles. The number of carbonyl (C=O) groups excluding carboxylic acids is 2. The van der Waals surface area contributed by atoms with Gasteiger partial charge in [-0.05, 0) is 44.3 Å². The van der Waals surface area contributed by atoms with Gasteiger partial charge in [-0.2, -0.15) is 0 Å². The lowest BCUT2D eigenvalue weighted by molar-refractivity contribution is -0.138. The van der Waals surface area contributed by atoms with Crippen LogP contribution in [0.2, 0.25) is 0 Å². The molecule has 106 valence electrons. The first-order valence-corrected chi connectivity index (χ1v) is 6.88. The topological polar surface area (TPSA) is 55.4 Å². The molecule has 0 radical (unpaired) electrons. The maximum Gasteiger partial charge on any atom is 0.340 e. The van der Waals surface area contributed by atoms with Gasteiger partial charge in [0.1, 0.15) is 0 Å². The van der Waals surface area contributed by atoms with E-state index < -0.39 is 0 Å². The Bertz CT molecular complexity index is 427. The lowest BCUT2D eigenvalue weighted by atomic mass is 9.86. The summed E-state index contributed by atoms with van der Waals surface area (Å²) in [5.41, 5.74) is 2.94. The summed E-state index contributed by atoms with van der Waals surface area (Å²) in [5.74, 6) is -0.202. The van der Waals surface area contributed by atoms with Crippen LogP contribution in [0.15, 0.2) is 22.4 Å². The molecule has 1 rings (SSSR count). The zero-order valence-corrected chi connectivity index (χ0v) is 12.3. The molecule has 4 heteroatoms. The number of ether oxygens (including phenoxy) is 1. The van der Waals surface area contributed by atoms with E-state index in [1.54, 1.807) is 20.9 Å². The first-order chi connectivity index (χ1) is 9.06. The second-order valence-corrected chi connectivity index (χ2v) is 4.56. The van der Waals surface area contributed by atoms with Gasteiger partial charge in [0.15, 0.2) is 5.78 Å². The number of nitrogens with one attached hydrogen (secondary N) is 1. The van der Waals surface area contributed by atoms with E-state index in [1.165, 1.54) is 0 Å². The zero-order chi connectivity index (χ0) is 14.4. The van der Waals surface area contributed by atoms with Crippen molar-refractivity contribution in [3.05, 3.63) is 22.4 Å². The van der Waals surface area contributed by atoms with Gasteiger partial charge in [-0.15, -0.1) is 0 Å². The van der Waals surface area contributed by atoms with Gasteiger partial charge >= 0.3 is 5.97 Å².